The van der Waals surface area contributed by atoms with Crippen molar-refractivity contribution >= 4 is 0 Å². The average molecular weight is 214 g/mol. The van der Waals surface area contributed by atoms with E-state index >= 15 is 0 Å². The van der Waals surface area contributed by atoms with Crippen LogP contribution in [-0.4, -0.2) is 50.3 Å². The van der Waals surface area contributed by atoms with Gasteiger partial charge in [0.1, 0.15) is 0 Å². The van der Waals surface area contributed by atoms with Gasteiger partial charge in [0.15, 0.2) is 0 Å². The molecule has 0 aromatic rings. The Morgan fingerprint density at radius 1 is 1.27 bits per heavy atom. The van der Waals surface area contributed by atoms with Crippen molar-refractivity contribution in [2.24, 2.45) is 0 Å². The zero-order chi connectivity index (χ0) is 10.9. The summed E-state index contributed by atoms with van der Waals surface area (Å²) in [6.45, 7) is 11.1. The van der Waals surface area contributed by atoms with Crippen LogP contribution in [0.1, 0.15) is 33.1 Å². The summed E-state index contributed by atoms with van der Waals surface area (Å²) in [5.41, 5.74) is 0. The van der Waals surface area contributed by atoms with Crippen LogP contribution in [0.25, 0.3) is 0 Å². The van der Waals surface area contributed by atoms with E-state index in [0.29, 0.717) is 6.10 Å². The number of nitrogens with one attached hydrogen (secondary N) is 1. The lowest BCUT2D eigenvalue weighted by Crippen LogP contribution is -2.37. The smallest absolute Gasteiger partial charge is 0.0599 e. The molecule has 0 aromatic heterocycles. The highest BCUT2D eigenvalue weighted by Crippen LogP contribution is 2.13. The summed E-state index contributed by atoms with van der Waals surface area (Å²) in [5.74, 6) is 0. The van der Waals surface area contributed by atoms with E-state index in [4.69, 9.17) is 4.74 Å². The normalized spacial score (nSPS) is 19.6. The van der Waals surface area contributed by atoms with Crippen molar-refractivity contribution in [3.63, 3.8) is 0 Å². The van der Waals surface area contributed by atoms with Crippen molar-refractivity contribution in [2.75, 3.05) is 39.3 Å². The molecule has 1 saturated heterocycles. The number of hydrogen-bond acceptors (Lipinski definition) is 3. The molecular formula is C12H26N2O. The number of ether oxygens (including phenoxy) is 1. The Kier molecular flexibility index (Phi) is 6.98. The maximum Gasteiger partial charge on any atom is 0.0599 e. The molecular weight excluding hydrogens is 188 g/mol. The van der Waals surface area contributed by atoms with E-state index < -0.39 is 0 Å². The van der Waals surface area contributed by atoms with Gasteiger partial charge >= 0.3 is 0 Å². The van der Waals surface area contributed by atoms with Gasteiger partial charge in [0, 0.05) is 19.7 Å². The number of hydrogen-bond donors (Lipinski definition) is 1. The monoisotopic (exact) mass is 214 g/mol. The first kappa shape index (κ1) is 12.9. The van der Waals surface area contributed by atoms with Crippen molar-refractivity contribution in [1.82, 2.24) is 10.2 Å². The standard InChI is InChI=1S/C12H26N2O/c1-3-13-8-5-11-15-12-6-9-14(4-2)10-7-12/h12-13H,3-11H2,1-2H3. The minimum Gasteiger partial charge on any atom is -0.378 e. The largest absolute Gasteiger partial charge is 0.378 e. The molecule has 0 bridgehead atoms. The molecule has 1 N–H and O–H groups in total. The summed E-state index contributed by atoms with van der Waals surface area (Å²) in [6.07, 6.45) is 4.10. The fourth-order valence-electron chi connectivity index (χ4n) is 2.02. The zero-order valence-electron chi connectivity index (χ0n) is 10.3. The topological polar surface area (TPSA) is 24.5 Å². The molecule has 3 nitrogen and oxygen atoms in total. The number of nitrogens with zero attached hydrogens (tertiary/aromatic N) is 1. The van der Waals surface area contributed by atoms with Gasteiger partial charge in [0.25, 0.3) is 0 Å². The predicted octanol–water partition coefficient (Wildman–Crippen LogP) is 1.49. The third kappa shape index (κ3) is 5.50. The zero-order valence-corrected chi connectivity index (χ0v) is 10.3. The molecule has 1 aliphatic rings. The molecule has 90 valence electrons. The molecule has 0 aliphatic carbocycles. The molecule has 0 spiro atoms. The van der Waals surface area contributed by atoms with E-state index in [0.717, 1.165) is 26.1 Å². The second kappa shape index (κ2) is 8.08. The minimum atomic E-state index is 0.523. The Bertz CT molecular complexity index is 145. The molecule has 1 rings (SSSR count). The van der Waals surface area contributed by atoms with E-state index in [1.54, 1.807) is 0 Å². The van der Waals surface area contributed by atoms with E-state index in [1.165, 1.54) is 32.5 Å². The van der Waals surface area contributed by atoms with Gasteiger partial charge in [0.2, 0.25) is 0 Å². The lowest BCUT2D eigenvalue weighted by atomic mass is 10.1. The maximum absolute atomic E-state index is 5.86. The van der Waals surface area contributed by atoms with E-state index in [-0.39, 0.29) is 0 Å². The molecule has 0 amide bonds. The van der Waals surface area contributed by atoms with Crippen LogP contribution in [0.4, 0.5) is 0 Å². The van der Waals surface area contributed by atoms with Gasteiger partial charge in [-0.3, -0.25) is 0 Å². The van der Waals surface area contributed by atoms with E-state index in [2.05, 4.69) is 24.1 Å². The quantitative estimate of drug-likeness (QED) is 0.650. The highest BCUT2D eigenvalue weighted by atomic mass is 16.5. The lowest BCUT2D eigenvalue weighted by Gasteiger charge is -2.30. The Labute approximate surface area is 94.2 Å². The van der Waals surface area contributed by atoms with Crippen LogP contribution in [-0.2, 0) is 4.74 Å². The highest BCUT2D eigenvalue weighted by molar-refractivity contribution is 4.71. The summed E-state index contributed by atoms with van der Waals surface area (Å²) < 4.78 is 5.86. The Morgan fingerprint density at radius 2 is 2.00 bits per heavy atom. The molecule has 0 unspecified atom stereocenters. The second-order valence-corrected chi connectivity index (χ2v) is 4.21. The highest BCUT2D eigenvalue weighted by Gasteiger charge is 2.17. The first-order valence-corrected chi connectivity index (χ1v) is 6.41. The lowest BCUT2D eigenvalue weighted by molar-refractivity contribution is 0.00780. The minimum absolute atomic E-state index is 0.523. The summed E-state index contributed by atoms with van der Waals surface area (Å²) in [5, 5.41) is 3.31. The van der Waals surface area contributed by atoms with Crippen molar-refractivity contribution in [3.05, 3.63) is 0 Å². The first-order valence-electron chi connectivity index (χ1n) is 6.41. The van der Waals surface area contributed by atoms with Crippen LogP contribution in [0.3, 0.4) is 0 Å². The van der Waals surface area contributed by atoms with Crippen LogP contribution >= 0.6 is 0 Å². The van der Waals surface area contributed by atoms with E-state index in [1.807, 2.05) is 0 Å². The molecule has 0 saturated carbocycles. The fourth-order valence-corrected chi connectivity index (χ4v) is 2.02. The predicted molar refractivity (Wildman–Crippen MR) is 64.2 cm³/mol. The number of piperidine rings is 1. The first-order chi connectivity index (χ1) is 7.36. The van der Waals surface area contributed by atoms with Gasteiger partial charge in [-0.1, -0.05) is 13.8 Å². The van der Waals surface area contributed by atoms with Crippen LogP contribution in [0.5, 0.6) is 0 Å². The summed E-state index contributed by atoms with van der Waals surface area (Å²) in [6, 6.07) is 0. The third-order valence-corrected chi connectivity index (χ3v) is 3.08. The van der Waals surface area contributed by atoms with Crippen molar-refractivity contribution < 1.29 is 4.74 Å². The molecule has 3 heteroatoms. The molecule has 0 atom stereocenters. The van der Waals surface area contributed by atoms with Gasteiger partial charge < -0.3 is 15.0 Å². The Balaban J connectivity index is 1.94. The SMILES string of the molecule is CCNCCCOC1CCN(CC)CC1. The Morgan fingerprint density at radius 3 is 2.60 bits per heavy atom. The summed E-state index contributed by atoms with van der Waals surface area (Å²) in [7, 11) is 0. The van der Waals surface area contributed by atoms with Crippen molar-refractivity contribution in [1.29, 1.82) is 0 Å². The van der Waals surface area contributed by atoms with Crippen LogP contribution in [0, 0.1) is 0 Å². The number of rotatable bonds is 7. The molecule has 1 aliphatic heterocycles. The maximum atomic E-state index is 5.86. The van der Waals surface area contributed by atoms with Crippen LogP contribution in [0.2, 0.25) is 0 Å². The molecule has 0 aromatic carbocycles. The number of likely N-dealkylation sites (tertiary alicyclic amines) is 1. The average Bonchev–Trinajstić information content (AvgIpc) is 2.30. The third-order valence-electron chi connectivity index (χ3n) is 3.08. The second-order valence-electron chi connectivity index (χ2n) is 4.21. The molecule has 0 radical (unpaired) electrons. The molecule has 1 heterocycles. The van der Waals surface area contributed by atoms with Gasteiger partial charge in [-0.2, -0.15) is 0 Å². The van der Waals surface area contributed by atoms with Gasteiger partial charge in [-0.15, -0.1) is 0 Å². The van der Waals surface area contributed by atoms with Gasteiger partial charge in [-0.25, -0.2) is 0 Å². The van der Waals surface area contributed by atoms with Crippen LogP contribution in [0.15, 0.2) is 0 Å². The van der Waals surface area contributed by atoms with Crippen LogP contribution < -0.4 is 5.32 Å². The molecule has 1 fully saturated rings. The fraction of sp³-hybridized carbons (Fsp3) is 1.00. The van der Waals surface area contributed by atoms with Crippen molar-refractivity contribution in [3.8, 4) is 0 Å². The Hall–Kier alpha value is -0.120. The summed E-state index contributed by atoms with van der Waals surface area (Å²) >= 11 is 0. The van der Waals surface area contributed by atoms with E-state index in [9.17, 15) is 0 Å². The van der Waals surface area contributed by atoms with Crippen molar-refractivity contribution in [2.45, 2.75) is 39.2 Å². The van der Waals surface area contributed by atoms with Gasteiger partial charge in [0.05, 0.1) is 6.10 Å². The molecule has 15 heavy (non-hydrogen) atoms. The van der Waals surface area contributed by atoms with Gasteiger partial charge in [-0.05, 0) is 38.9 Å². The summed E-state index contributed by atoms with van der Waals surface area (Å²) in [4.78, 5) is 2.50.